The molecular formula is C22H33FN4O2S. The standard InChI is InChI=1S/C22H33FN4O2S/c1-24-22(25-15-20(29-2)16-3-7-18(23)8-4-16)26-19-9-5-17(6-10-19)21(28)27-11-13-30-14-12-27/h3-4,7-8,17,19-20H,5-6,9-15H2,1-2H3,(H2,24,25,26). The van der Waals surface area contributed by atoms with Gasteiger partial charge in [-0.25, -0.2) is 4.39 Å². The predicted molar refractivity (Wildman–Crippen MR) is 120 cm³/mol. The van der Waals surface area contributed by atoms with E-state index in [0.29, 0.717) is 18.5 Å². The lowest BCUT2D eigenvalue weighted by Crippen LogP contribution is -2.48. The Morgan fingerprint density at radius 2 is 1.90 bits per heavy atom. The van der Waals surface area contributed by atoms with Gasteiger partial charge in [-0.3, -0.25) is 9.79 Å². The van der Waals surface area contributed by atoms with Crippen LogP contribution < -0.4 is 10.6 Å². The van der Waals surface area contributed by atoms with E-state index in [1.165, 1.54) is 12.1 Å². The molecule has 1 atom stereocenters. The summed E-state index contributed by atoms with van der Waals surface area (Å²) in [4.78, 5) is 19.1. The van der Waals surface area contributed by atoms with E-state index in [1.54, 1.807) is 26.3 Å². The molecule has 1 aliphatic carbocycles. The lowest BCUT2D eigenvalue weighted by atomic mass is 9.85. The van der Waals surface area contributed by atoms with Gasteiger partial charge in [0.2, 0.25) is 5.91 Å². The van der Waals surface area contributed by atoms with Crippen molar-refractivity contribution in [1.29, 1.82) is 0 Å². The molecular weight excluding hydrogens is 403 g/mol. The van der Waals surface area contributed by atoms with E-state index in [2.05, 4.69) is 20.5 Å². The Bertz CT molecular complexity index is 702. The van der Waals surface area contributed by atoms with Gasteiger partial charge >= 0.3 is 0 Å². The molecule has 2 N–H and O–H groups in total. The summed E-state index contributed by atoms with van der Waals surface area (Å²) < 4.78 is 18.7. The predicted octanol–water partition coefficient (Wildman–Crippen LogP) is 2.81. The molecule has 0 bridgehead atoms. The van der Waals surface area contributed by atoms with Crippen molar-refractivity contribution in [2.24, 2.45) is 10.9 Å². The number of hydrogen-bond donors (Lipinski definition) is 2. The minimum absolute atomic E-state index is 0.164. The van der Waals surface area contributed by atoms with Gasteiger partial charge in [0, 0.05) is 57.3 Å². The first kappa shape index (κ1) is 22.9. The first-order chi connectivity index (χ1) is 14.6. The second-order valence-corrected chi connectivity index (χ2v) is 9.08. The molecule has 30 heavy (non-hydrogen) atoms. The molecule has 1 saturated heterocycles. The summed E-state index contributed by atoms with van der Waals surface area (Å²) in [6.07, 6.45) is 3.58. The zero-order valence-corrected chi connectivity index (χ0v) is 18.7. The van der Waals surface area contributed by atoms with Crippen LogP contribution in [0.2, 0.25) is 0 Å². The number of methoxy groups -OCH3 is 1. The molecule has 1 aliphatic heterocycles. The average Bonchev–Trinajstić information content (AvgIpc) is 2.80. The molecule has 0 radical (unpaired) electrons. The first-order valence-electron chi connectivity index (χ1n) is 10.7. The van der Waals surface area contributed by atoms with E-state index in [-0.39, 0.29) is 17.8 Å². The van der Waals surface area contributed by atoms with E-state index < -0.39 is 0 Å². The van der Waals surface area contributed by atoms with E-state index in [9.17, 15) is 9.18 Å². The number of nitrogens with one attached hydrogen (secondary N) is 2. The van der Waals surface area contributed by atoms with Gasteiger partial charge < -0.3 is 20.3 Å². The van der Waals surface area contributed by atoms with Crippen molar-refractivity contribution < 1.29 is 13.9 Å². The Hall–Kier alpha value is -1.80. The molecule has 1 heterocycles. The van der Waals surface area contributed by atoms with Crippen LogP contribution in [0.4, 0.5) is 4.39 Å². The summed E-state index contributed by atoms with van der Waals surface area (Å²) in [5.74, 6) is 3.10. The highest BCUT2D eigenvalue weighted by atomic mass is 32.2. The second kappa shape index (κ2) is 11.6. The fourth-order valence-corrected chi connectivity index (χ4v) is 5.02. The van der Waals surface area contributed by atoms with E-state index in [1.807, 2.05) is 11.8 Å². The maximum atomic E-state index is 13.2. The van der Waals surface area contributed by atoms with Crippen LogP contribution in [0.1, 0.15) is 37.4 Å². The molecule has 1 unspecified atom stereocenters. The van der Waals surface area contributed by atoms with Crippen LogP contribution >= 0.6 is 11.8 Å². The van der Waals surface area contributed by atoms with Gasteiger partial charge in [0.05, 0.1) is 6.10 Å². The maximum absolute atomic E-state index is 13.2. The maximum Gasteiger partial charge on any atom is 0.225 e. The highest BCUT2D eigenvalue weighted by Crippen LogP contribution is 2.27. The largest absolute Gasteiger partial charge is 0.375 e. The molecule has 1 aromatic rings. The van der Waals surface area contributed by atoms with Crippen molar-refractivity contribution in [3.63, 3.8) is 0 Å². The Labute approximate surface area is 183 Å². The lowest BCUT2D eigenvalue weighted by Gasteiger charge is -2.34. The van der Waals surface area contributed by atoms with Gasteiger partial charge in [0.15, 0.2) is 5.96 Å². The zero-order valence-electron chi connectivity index (χ0n) is 17.9. The number of guanidine groups is 1. The molecule has 1 aromatic carbocycles. The fraction of sp³-hybridized carbons (Fsp3) is 0.636. The second-order valence-electron chi connectivity index (χ2n) is 7.86. The van der Waals surface area contributed by atoms with Gasteiger partial charge in [-0.05, 0) is 43.4 Å². The van der Waals surface area contributed by atoms with E-state index in [0.717, 1.165) is 61.8 Å². The highest BCUT2D eigenvalue weighted by molar-refractivity contribution is 7.99. The molecule has 2 aliphatic rings. The molecule has 1 amide bonds. The summed E-state index contributed by atoms with van der Waals surface area (Å²) in [5, 5.41) is 6.79. The van der Waals surface area contributed by atoms with Crippen LogP contribution in [-0.4, -0.2) is 68.1 Å². The van der Waals surface area contributed by atoms with Crippen LogP contribution in [0.25, 0.3) is 0 Å². The number of thioether (sulfide) groups is 1. The number of amides is 1. The smallest absolute Gasteiger partial charge is 0.225 e. The Morgan fingerprint density at radius 1 is 1.23 bits per heavy atom. The number of carbonyl (C=O) groups is 1. The van der Waals surface area contributed by atoms with Crippen LogP contribution in [0.15, 0.2) is 29.3 Å². The number of halogens is 1. The summed E-state index contributed by atoms with van der Waals surface area (Å²) in [7, 11) is 3.39. The van der Waals surface area contributed by atoms with Crippen molar-refractivity contribution in [2.45, 2.75) is 37.8 Å². The first-order valence-corrected chi connectivity index (χ1v) is 11.9. The Kier molecular flexibility index (Phi) is 8.81. The molecule has 3 rings (SSSR count). The minimum atomic E-state index is -0.257. The lowest BCUT2D eigenvalue weighted by molar-refractivity contribution is -0.136. The van der Waals surface area contributed by atoms with Crippen molar-refractivity contribution in [1.82, 2.24) is 15.5 Å². The van der Waals surface area contributed by atoms with E-state index >= 15 is 0 Å². The molecule has 2 fully saturated rings. The number of nitrogens with zero attached hydrogens (tertiary/aromatic N) is 2. The summed E-state index contributed by atoms with van der Waals surface area (Å²) in [5.41, 5.74) is 0.914. The average molecular weight is 437 g/mol. The number of benzene rings is 1. The quantitative estimate of drug-likeness (QED) is 0.530. The minimum Gasteiger partial charge on any atom is -0.375 e. The molecule has 8 heteroatoms. The summed E-state index contributed by atoms with van der Waals surface area (Å²) >= 11 is 1.93. The normalized spacial score (nSPS) is 23.7. The number of ether oxygens (including phenoxy) is 1. The fourth-order valence-electron chi connectivity index (χ4n) is 4.12. The molecule has 0 aromatic heterocycles. The van der Waals surface area contributed by atoms with Crippen molar-refractivity contribution in [3.8, 4) is 0 Å². The third-order valence-electron chi connectivity index (χ3n) is 5.94. The van der Waals surface area contributed by atoms with Crippen LogP contribution in [0.3, 0.4) is 0 Å². The third kappa shape index (κ3) is 6.35. The number of rotatable bonds is 6. The summed E-state index contributed by atoms with van der Waals surface area (Å²) in [6, 6.07) is 6.67. The van der Waals surface area contributed by atoms with Crippen molar-refractivity contribution >= 4 is 23.6 Å². The molecule has 0 spiro atoms. The zero-order chi connectivity index (χ0) is 21.3. The van der Waals surface area contributed by atoms with Crippen molar-refractivity contribution in [2.75, 3.05) is 45.3 Å². The molecule has 6 nitrogen and oxygen atoms in total. The van der Waals surface area contributed by atoms with E-state index in [4.69, 9.17) is 4.74 Å². The SMILES string of the molecule is CN=C(NCC(OC)c1ccc(F)cc1)NC1CCC(C(=O)N2CCSCC2)CC1. The van der Waals surface area contributed by atoms with Gasteiger partial charge in [0.25, 0.3) is 0 Å². The van der Waals surface area contributed by atoms with Gasteiger partial charge in [-0.2, -0.15) is 11.8 Å². The Balaban J connectivity index is 1.43. The number of aliphatic imine (C=N–C) groups is 1. The van der Waals surface area contributed by atoms with Gasteiger partial charge in [-0.15, -0.1) is 0 Å². The van der Waals surface area contributed by atoms with Crippen LogP contribution in [-0.2, 0) is 9.53 Å². The van der Waals surface area contributed by atoms with Gasteiger partial charge in [0.1, 0.15) is 5.82 Å². The number of hydrogen-bond acceptors (Lipinski definition) is 4. The third-order valence-corrected chi connectivity index (χ3v) is 6.89. The molecule has 1 saturated carbocycles. The highest BCUT2D eigenvalue weighted by Gasteiger charge is 2.30. The summed E-state index contributed by atoms with van der Waals surface area (Å²) in [6.45, 7) is 2.32. The Morgan fingerprint density at radius 3 is 2.50 bits per heavy atom. The van der Waals surface area contributed by atoms with Crippen LogP contribution in [0, 0.1) is 11.7 Å². The molecule has 166 valence electrons. The number of carbonyl (C=O) groups excluding carboxylic acids is 1. The monoisotopic (exact) mass is 436 g/mol. The van der Waals surface area contributed by atoms with Crippen LogP contribution in [0.5, 0.6) is 0 Å². The van der Waals surface area contributed by atoms with Gasteiger partial charge in [-0.1, -0.05) is 12.1 Å². The topological polar surface area (TPSA) is 66.0 Å². The van der Waals surface area contributed by atoms with Crippen molar-refractivity contribution in [3.05, 3.63) is 35.6 Å².